The first kappa shape index (κ1) is 21.4. The van der Waals surface area contributed by atoms with Crippen LogP contribution in [0, 0.1) is 26.2 Å². The summed E-state index contributed by atoms with van der Waals surface area (Å²) >= 11 is 0. The highest BCUT2D eigenvalue weighted by atomic mass is 35.5. The average molecular weight is 392 g/mol. The van der Waals surface area contributed by atoms with Crippen molar-refractivity contribution in [3.05, 3.63) is 41.2 Å². The number of rotatable bonds is 5. The van der Waals surface area contributed by atoms with Crippen molar-refractivity contribution in [2.75, 3.05) is 31.5 Å². The van der Waals surface area contributed by atoms with Gasteiger partial charge in [-0.25, -0.2) is 4.68 Å². The van der Waals surface area contributed by atoms with Crippen LogP contribution < -0.4 is 11.1 Å². The Kier molecular flexibility index (Phi) is 6.68. The van der Waals surface area contributed by atoms with Gasteiger partial charge in [-0.05, 0) is 57.8 Å². The summed E-state index contributed by atoms with van der Waals surface area (Å²) in [7, 11) is 0. The number of aromatic nitrogens is 2. The topological polar surface area (TPSA) is 76.2 Å². The van der Waals surface area contributed by atoms with Crippen molar-refractivity contribution < 1.29 is 4.79 Å². The molecule has 2 aromatic rings. The van der Waals surface area contributed by atoms with Crippen LogP contribution in [0.3, 0.4) is 0 Å². The molecular weight excluding hydrogens is 362 g/mol. The van der Waals surface area contributed by atoms with E-state index < -0.39 is 0 Å². The summed E-state index contributed by atoms with van der Waals surface area (Å²) in [6.07, 6.45) is 1.04. The Bertz CT molecular complexity index is 801. The second-order valence-electron chi connectivity index (χ2n) is 7.82. The fourth-order valence-corrected chi connectivity index (χ4v) is 3.57. The normalized spacial score (nSPS) is 19.7. The van der Waals surface area contributed by atoms with Gasteiger partial charge in [0.05, 0.1) is 29.3 Å². The van der Waals surface area contributed by atoms with Crippen molar-refractivity contribution in [2.24, 2.45) is 11.1 Å². The predicted molar refractivity (Wildman–Crippen MR) is 112 cm³/mol. The third-order valence-electron chi connectivity index (χ3n) is 5.33. The molecule has 1 fully saturated rings. The van der Waals surface area contributed by atoms with Crippen molar-refractivity contribution >= 4 is 24.0 Å². The summed E-state index contributed by atoms with van der Waals surface area (Å²) in [6, 6.07) is 8.20. The van der Waals surface area contributed by atoms with Crippen LogP contribution in [0.25, 0.3) is 5.69 Å². The molecule has 7 heteroatoms. The number of anilines is 1. The van der Waals surface area contributed by atoms with Gasteiger partial charge in [-0.15, -0.1) is 12.4 Å². The van der Waals surface area contributed by atoms with Gasteiger partial charge in [0, 0.05) is 6.54 Å². The largest absolute Gasteiger partial charge is 0.330 e. The fourth-order valence-electron chi connectivity index (χ4n) is 3.57. The number of amides is 1. The Hall–Kier alpha value is -1.89. The van der Waals surface area contributed by atoms with E-state index in [1.807, 2.05) is 30.7 Å². The number of carbonyl (C=O) groups is 1. The quantitative estimate of drug-likeness (QED) is 0.821. The molecule has 1 amide bonds. The summed E-state index contributed by atoms with van der Waals surface area (Å²) < 4.78 is 1.88. The lowest BCUT2D eigenvalue weighted by molar-refractivity contribution is -0.117. The van der Waals surface area contributed by atoms with Crippen molar-refractivity contribution in [3.63, 3.8) is 0 Å². The van der Waals surface area contributed by atoms with Gasteiger partial charge in [0.25, 0.3) is 0 Å². The number of halogens is 1. The number of benzene rings is 1. The fraction of sp³-hybridized carbons (Fsp3) is 0.500. The molecule has 3 rings (SSSR count). The van der Waals surface area contributed by atoms with Crippen LogP contribution in [-0.4, -0.2) is 46.8 Å². The van der Waals surface area contributed by atoms with Crippen molar-refractivity contribution in [2.45, 2.75) is 34.1 Å². The van der Waals surface area contributed by atoms with Gasteiger partial charge in [0.15, 0.2) is 0 Å². The van der Waals surface area contributed by atoms with Crippen molar-refractivity contribution in [1.29, 1.82) is 0 Å². The molecule has 0 radical (unpaired) electrons. The second kappa shape index (κ2) is 8.42. The maximum Gasteiger partial charge on any atom is 0.238 e. The highest BCUT2D eigenvalue weighted by Gasteiger charge is 2.33. The number of nitrogens with zero attached hydrogens (tertiary/aromatic N) is 3. The zero-order valence-corrected chi connectivity index (χ0v) is 17.4. The molecule has 0 spiro atoms. The van der Waals surface area contributed by atoms with E-state index in [9.17, 15) is 4.79 Å². The highest BCUT2D eigenvalue weighted by Crippen LogP contribution is 2.28. The molecule has 1 aromatic heterocycles. The predicted octanol–water partition coefficient (Wildman–Crippen LogP) is 2.83. The Labute approximate surface area is 167 Å². The minimum absolute atomic E-state index is 0. The lowest BCUT2D eigenvalue weighted by Crippen LogP contribution is -2.35. The number of hydrogen-bond acceptors (Lipinski definition) is 4. The van der Waals surface area contributed by atoms with Crippen LogP contribution in [0.1, 0.15) is 30.3 Å². The van der Waals surface area contributed by atoms with E-state index in [1.165, 1.54) is 5.56 Å². The highest BCUT2D eigenvalue weighted by molar-refractivity contribution is 5.93. The molecular formula is C20H30ClN5O. The van der Waals surface area contributed by atoms with Gasteiger partial charge < -0.3 is 11.1 Å². The molecule has 1 saturated heterocycles. The van der Waals surface area contributed by atoms with E-state index in [1.54, 1.807) is 0 Å². The zero-order valence-electron chi connectivity index (χ0n) is 16.6. The molecule has 1 aliphatic rings. The smallest absolute Gasteiger partial charge is 0.238 e. The third kappa shape index (κ3) is 4.69. The summed E-state index contributed by atoms with van der Waals surface area (Å²) in [5, 5.41) is 7.66. The van der Waals surface area contributed by atoms with E-state index >= 15 is 0 Å². The Morgan fingerprint density at radius 2 is 1.93 bits per heavy atom. The molecule has 6 nitrogen and oxygen atoms in total. The maximum atomic E-state index is 12.5. The molecule has 1 unspecified atom stereocenters. The molecule has 27 heavy (non-hydrogen) atoms. The van der Waals surface area contributed by atoms with Gasteiger partial charge in [-0.3, -0.25) is 9.69 Å². The molecule has 1 atom stereocenters. The molecule has 2 heterocycles. The van der Waals surface area contributed by atoms with Gasteiger partial charge >= 0.3 is 0 Å². The van der Waals surface area contributed by atoms with Crippen LogP contribution in [0.5, 0.6) is 0 Å². The number of carbonyl (C=O) groups excluding carboxylic acids is 1. The molecule has 1 aromatic carbocycles. The van der Waals surface area contributed by atoms with Crippen LogP contribution in [0.4, 0.5) is 5.69 Å². The van der Waals surface area contributed by atoms with Crippen LogP contribution in [-0.2, 0) is 4.79 Å². The second-order valence-corrected chi connectivity index (χ2v) is 7.82. The number of nitrogens with one attached hydrogen (secondary N) is 1. The average Bonchev–Trinajstić information content (AvgIpc) is 3.11. The molecule has 1 aliphatic heterocycles. The number of aryl methyl sites for hydroxylation is 2. The Morgan fingerprint density at radius 1 is 1.26 bits per heavy atom. The number of nitrogens with two attached hydrogens (primary N) is 1. The molecule has 148 valence electrons. The van der Waals surface area contributed by atoms with E-state index in [2.05, 4.69) is 41.3 Å². The first-order chi connectivity index (χ1) is 12.3. The van der Waals surface area contributed by atoms with E-state index in [-0.39, 0.29) is 23.7 Å². The summed E-state index contributed by atoms with van der Waals surface area (Å²) in [6.45, 7) is 11.0. The SMILES string of the molecule is Cc1ccc(-n2nc(C)c(NC(=O)CN3CCC(C)(CN)C3)c2C)cc1.Cl. The minimum Gasteiger partial charge on any atom is -0.330 e. The number of likely N-dealkylation sites (tertiary alicyclic amines) is 1. The van der Waals surface area contributed by atoms with Gasteiger partial charge in [-0.1, -0.05) is 24.6 Å². The van der Waals surface area contributed by atoms with Crippen LogP contribution >= 0.6 is 12.4 Å². The molecule has 3 N–H and O–H groups in total. The first-order valence-corrected chi connectivity index (χ1v) is 9.17. The standard InChI is InChI=1S/C20H29N5O.ClH/c1-14-5-7-17(8-6-14)25-16(3)19(15(2)23-25)22-18(26)11-24-10-9-20(4,12-21)13-24;/h5-8H,9-13,21H2,1-4H3,(H,22,26);1H. The summed E-state index contributed by atoms with van der Waals surface area (Å²) in [5.74, 6) is 0.000859. The third-order valence-corrected chi connectivity index (χ3v) is 5.33. The molecule has 0 saturated carbocycles. The van der Waals surface area contributed by atoms with E-state index in [0.29, 0.717) is 13.1 Å². The van der Waals surface area contributed by atoms with Gasteiger partial charge in [0.1, 0.15) is 0 Å². The van der Waals surface area contributed by atoms with Crippen molar-refractivity contribution in [3.8, 4) is 5.69 Å². The lowest BCUT2D eigenvalue weighted by Gasteiger charge is -2.22. The van der Waals surface area contributed by atoms with E-state index in [0.717, 1.165) is 42.3 Å². The lowest BCUT2D eigenvalue weighted by atomic mass is 9.90. The Balaban J connectivity index is 0.00000261. The maximum absolute atomic E-state index is 12.5. The zero-order chi connectivity index (χ0) is 18.9. The Morgan fingerprint density at radius 3 is 2.52 bits per heavy atom. The van der Waals surface area contributed by atoms with Gasteiger partial charge in [-0.2, -0.15) is 5.10 Å². The van der Waals surface area contributed by atoms with Gasteiger partial charge in [0.2, 0.25) is 5.91 Å². The van der Waals surface area contributed by atoms with Crippen molar-refractivity contribution in [1.82, 2.24) is 14.7 Å². The summed E-state index contributed by atoms with van der Waals surface area (Å²) in [5.41, 5.74) is 10.7. The molecule has 0 aliphatic carbocycles. The molecule has 0 bridgehead atoms. The summed E-state index contributed by atoms with van der Waals surface area (Å²) in [4.78, 5) is 14.7. The van der Waals surface area contributed by atoms with Crippen LogP contribution in [0.15, 0.2) is 24.3 Å². The number of hydrogen-bond donors (Lipinski definition) is 2. The first-order valence-electron chi connectivity index (χ1n) is 9.17. The van der Waals surface area contributed by atoms with Crippen LogP contribution in [0.2, 0.25) is 0 Å². The minimum atomic E-state index is 0. The van der Waals surface area contributed by atoms with E-state index in [4.69, 9.17) is 5.73 Å². The monoisotopic (exact) mass is 391 g/mol.